The zero-order chi connectivity index (χ0) is 15.9. The monoisotopic (exact) mass is 303 g/mol. The van der Waals surface area contributed by atoms with E-state index in [1.54, 1.807) is 18.2 Å². The molecule has 2 aliphatic heterocycles. The van der Waals surface area contributed by atoms with Crippen LogP contribution in [-0.2, 0) is 14.3 Å². The molecule has 2 heterocycles. The van der Waals surface area contributed by atoms with Crippen molar-refractivity contribution in [1.82, 2.24) is 0 Å². The van der Waals surface area contributed by atoms with Crippen molar-refractivity contribution in [2.24, 2.45) is 5.73 Å². The third-order valence-corrected chi connectivity index (χ3v) is 4.04. The number of nitrogens with two attached hydrogens (primary N) is 1. The van der Waals surface area contributed by atoms with Gasteiger partial charge in [-0.3, -0.25) is 9.59 Å². The van der Waals surface area contributed by atoms with E-state index in [0.29, 0.717) is 5.69 Å². The van der Waals surface area contributed by atoms with Crippen LogP contribution >= 0.6 is 0 Å². The molecule has 2 atom stereocenters. The number of benzene rings is 1. The van der Waals surface area contributed by atoms with Gasteiger partial charge in [-0.05, 0) is 38.0 Å². The van der Waals surface area contributed by atoms with Crippen LogP contribution in [0.4, 0.5) is 11.4 Å². The fourth-order valence-corrected chi connectivity index (χ4v) is 2.84. The van der Waals surface area contributed by atoms with Crippen LogP contribution in [0.15, 0.2) is 18.2 Å². The van der Waals surface area contributed by atoms with Crippen LogP contribution in [0.3, 0.4) is 0 Å². The van der Waals surface area contributed by atoms with Crippen molar-refractivity contribution in [2.45, 2.75) is 31.9 Å². The van der Waals surface area contributed by atoms with Gasteiger partial charge in [0.2, 0.25) is 5.91 Å². The van der Waals surface area contributed by atoms with Gasteiger partial charge in [-0.2, -0.15) is 0 Å². The maximum absolute atomic E-state index is 12.1. The van der Waals surface area contributed by atoms with Gasteiger partial charge >= 0.3 is 5.97 Å². The summed E-state index contributed by atoms with van der Waals surface area (Å²) in [7, 11) is 0. The summed E-state index contributed by atoms with van der Waals surface area (Å²) >= 11 is 0. The number of rotatable bonds is 3. The van der Waals surface area contributed by atoms with Crippen LogP contribution in [0.2, 0.25) is 0 Å². The Labute approximate surface area is 127 Å². The van der Waals surface area contributed by atoms with Crippen molar-refractivity contribution in [1.29, 1.82) is 0 Å². The largest absolute Gasteiger partial charge is 0.449 e. The maximum atomic E-state index is 12.1. The zero-order valence-electron chi connectivity index (χ0n) is 12.2. The van der Waals surface area contributed by atoms with Crippen molar-refractivity contribution < 1.29 is 19.1 Å². The normalized spacial score (nSPS) is 20.7. The summed E-state index contributed by atoms with van der Waals surface area (Å²) in [5.41, 5.74) is 6.83. The Balaban J connectivity index is 1.85. The summed E-state index contributed by atoms with van der Waals surface area (Å²) in [5, 5.41) is 2.82. The molecule has 3 N–H and O–H groups in total. The fraction of sp³-hybridized carbons (Fsp3) is 0.400. The van der Waals surface area contributed by atoms with Gasteiger partial charge in [-0.25, -0.2) is 4.79 Å². The Morgan fingerprint density at radius 3 is 2.95 bits per heavy atom. The van der Waals surface area contributed by atoms with E-state index in [1.807, 2.05) is 0 Å². The minimum Gasteiger partial charge on any atom is -0.449 e. The van der Waals surface area contributed by atoms with E-state index in [1.165, 1.54) is 6.92 Å². The van der Waals surface area contributed by atoms with Crippen LogP contribution in [0.1, 0.15) is 30.1 Å². The molecule has 0 bridgehead atoms. The molecule has 0 spiro atoms. The lowest BCUT2D eigenvalue weighted by atomic mass is 10.1. The molecule has 1 saturated heterocycles. The molecule has 2 amide bonds. The van der Waals surface area contributed by atoms with E-state index in [0.717, 1.165) is 25.1 Å². The summed E-state index contributed by atoms with van der Waals surface area (Å²) < 4.78 is 4.96. The Bertz CT molecular complexity index is 658. The molecule has 1 aromatic carbocycles. The number of carbonyl (C=O) groups is 3. The van der Waals surface area contributed by atoms with Gasteiger partial charge in [-0.15, -0.1) is 0 Å². The van der Waals surface area contributed by atoms with E-state index in [4.69, 9.17) is 10.5 Å². The number of nitrogens with one attached hydrogen (secondary N) is 1. The number of hydrogen-bond donors (Lipinski definition) is 2. The van der Waals surface area contributed by atoms with E-state index in [2.05, 4.69) is 10.2 Å². The van der Waals surface area contributed by atoms with Gasteiger partial charge in [0.25, 0.3) is 5.91 Å². The van der Waals surface area contributed by atoms with Gasteiger partial charge in [0, 0.05) is 6.54 Å². The second-order valence-corrected chi connectivity index (χ2v) is 5.52. The second-order valence-electron chi connectivity index (χ2n) is 5.52. The van der Waals surface area contributed by atoms with E-state index in [9.17, 15) is 14.4 Å². The highest BCUT2D eigenvalue weighted by atomic mass is 16.5. The molecule has 0 saturated carbocycles. The average molecular weight is 303 g/mol. The standard InChI is InChI=1S/C15H17N3O4/c1-8(13(16)19)22-15(21)9-4-5-11-10(7-9)17-14(20)12-3-2-6-18(11)12/h4-5,7-8,12H,2-3,6H2,1H3,(H2,16,19)(H,17,20)/t8-,12+/m1/s1. The first-order valence-electron chi connectivity index (χ1n) is 7.19. The SMILES string of the molecule is C[C@@H](OC(=O)c1ccc2c(c1)NC(=O)[C@@H]1CCCN21)C(N)=O. The van der Waals surface area contributed by atoms with Gasteiger partial charge in [0.05, 0.1) is 16.9 Å². The first kappa shape index (κ1) is 14.4. The Morgan fingerprint density at radius 1 is 1.45 bits per heavy atom. The van der Waals surface area contributed by atoms with Gasteiger partial charge in [-0.1, -0.05) is 0 Å². The minimum atomic E-state index is -0.999. The number of ether oxygens (including phenoxy) is 1. The number of nitrogens with zero attached hydrogens (tertiary/aromatic N) is 1. The molecule has 22 heavy (non-hydrogen) atoms. The summed E-state index contributed by atoms with van der Waals surface area (Å²) in [6.07, 6.45) is 0.809. The smallest absolute Gasteiger partial charge is 0.338 e. The van der Waals surface area contributed by atoms with Crippen LogP contribution in [0.5, 0.6) is 0 Å². The number of amides is 2. The lowest BCUT2D eigenvalue weighted by Crippen LogP contribution is -2.43. The molecular weight excluding hydrogens is 286 g/mol. The fourth-order valence-electron chi connectivity index (χ4n) is 2.84. The molecule has 7 heteroatoms. The van der Waals surface area contributed by atoms with Crippen LogP contribution in [-0.4, -0.2) is 36.5 Å². The third-order valence-electron chi connectivity index (χ3n) is 4.04. The molecule has 0 unspecified atom stereocenters. The van der Waals surface area contributed by atoms with Gasteiger partial charge in [0.1, 0.15) is 6.04 Å². The first-order valence-corrected chi connectivity index (χ1v) is 7.19. The predicted octanol–water partition coefficient (Wildman–Crippen LogP) is 0.638. The predicted molar refractivity (Wildman–Crippen MR) is 79.5 cm³/mol. The maximum Gasteiger partial charge on any atom is 0.338 e. The summed E-state index contributed by atoms with van der Waals surface area (Å²) in [6, 6.07) is 4.86. The molecule has 7 nitrogen and oxygen atoms in total. The zero-order valence-corrected chi connectivity index (χ0v) is 12.2. The van der Waals surface area contributed by atoms with Crippen molar-refractivity contribution in [3.05, 3.63) is 23.8 Å². The number of anilines is 2. The number of fused-ring (bicyclic) bond motifs is 3. The molecular formula is C15H17N3O4. The van der Waals surface area contributed by atoms with Crippen LogP contribution < -0.4 is 16.0 Å². The van der Waals surface area contributed by atoms with Crippen molar-refractivity contribution in [3.63, 3.8) is 0 Å². The lowest BCUT2D eigenvalue weighted by molar-refractivity contribution is -0.125. The number of esters is 1. The highest BCUT2D eigenvalue weighted by Crippen LogP contribution is 2.37. The molecule has 3 rings (SSSR count). The molecule has 1 aromatic rings. The van der Waals surface area contributed by atoms with Gasteiger partial charge < -0.3 is 20.7 Å². The van der Waals surface area contributed by atoms with E-state index < -0.39 is 18.0 Å². The average Bonchev–Trinajstić information content (AvgIpc) is 2.96. The Hall–Kier alpha value is -2.57. The van der Waals surface area contributed by atoms with Crippen LogP contribution in [0, 0.1) is 0 Å². The van der Waals surface area contributed by atoms with Crippen LogP contribution in [0.25, 0.3) is 0 Å². The summed E-state index contributed by atoms with van der Waals surface area (Å²) in [6.45, 7) is 2.24. The summed E-state index contributed by atoms with van der Waals surface area (Å²) in [4.78, 5) is 37.1. The quantitative estimate of drug-likeness (QED) is 0.798. The number of primary amides is 1. The van der Waals surface area contributed by atoms with Crippen molar-refractivity contribution >= 4 is 29.2 Å². The molecule has 2 aliphatic rings. The highest BCUT2D eigenvalue weighted by molar-refractivity contribution is 6.05. The lowest BCUT2D eigenvalue weighted by Gasteiger charge is -2.33. The second kappa shape index (κ2) is 5.32. The third kappa shape index (κ3) is 2.38. The Morgan fingerprint density at radius 2 is 2.23 bits per heavy atom. The van der Waals surface area contributed by atoms with Crippen molar-refractivity contribution in [3.8, 4) is 0 Å². The molecule has 0 aromatic heterocycles. The highest BCUT2D eigenvalue weighted by Gasteiger charge is 2.36. The first-order chi connectivity index (χ1) is 10.5. The van der Waals surface area contributed by atoms with Crippen molar-refractivity contribution in [2.75, 3.05) is 16.8 Å². The summed E-state index contributed by atoms with van der Waals surface area (Å²) in [5.74, 6) is -1.41. The molecule has 116 valence electrons. The number of carbonyl (C=O) groups excluding carboxylic acids is 3. The Kier molecular flexibility index (Phi) is 3.48. The molecule has 0 aliphatic carbocycles. The van der Waals surface area contributed by atoms with E-state index in [-0.39, 0.29) is 17.5 Å². The number of hydrogen-bond acceptors (Lipinski definition) is 5. The topological polar surface area (TPSA) is 102 Å². The van der Waals surface area contributed by atoms with Gasteiger partial charge in [0.15, 0.2) is 6.10 Å². The molecule has 0 radical (unpaired) electrons. The van der Waals surface area contributed by atoms with E-state index >= 15 is 0 Å². The minimum absolute atomic E-state index is 0.0546. The molecule has 1 fully saturated rings.